The van der Waals surface area contributed by atoms with Crippen LogP contribution in [0.4, 0.5) is 4.79 Å². The van der Waals surface area contributed by atoms with Gasteiger partial charge in [-0.3, -0.25) is 9.59 Å². The van der Waals surface area contributed by atoms with E-state index in [0.29, 0.717) is 5.75 Å². The topological polar surface area (TPSA) is 61.4 Å². The van der Waals surface area contributed by atoms with Crippen molar-refractivity contribution in [1.82, 2.24) is 15.5 Å². The van der Waals surface area contributed by atoms with Crippen molar-refractivity contribution >= 4 is 22.9 Å². The minimum absolute atomic E-state index is 0.0343. The maximum atomic E-state index is 12.1. The SMILES string of the molecule is CN(C(=O)C1CSC(=O)N1)C1CCCNC1. The molecule has 0 saturated carbocycles. The standard InChI is InChI=1S/C10H17N3O2S/c1-13(7-3-2-4-11-5-7)9(14)8-6-16-10(15)12-8/h7-8,11H,2-6H2,1H3,(H,12,15). The number of hydrogen-bond acceptors (Lipinski definition) is 4. The fourth-order valence-electron chi connectivity index (χ4n) is 2.11. The first-order valence-corrected chi connectivity index (χ1v) is 6.57. The van der Waals surface area contributed by atoms with E-state index in [1.807, 2.05) is 7.05 Å². The average Bonchev–Trinajstić information content (AvgIpc) is 2.75. The van der Waals surface area contributed by atoms with Crippen LogP contribution in [0.25, 0.3) is 0 Å². The molecule has 0 radical (unpaired) electrons. The van der Waals surface area contributed by atoms with Gasteiger partial charge in [0.15, 0.2) is 0 Å². The highest BCUT2D eigenvalue weighted by Gasteiger charge is 2.32. The molecule has 0 aromatic carbocycles. The Morgan fingerprint density at radius 2 is 2.38 bits per heavy atom. The zero-order valence-corrected chi connectivity index (χ0v) is 10.2. The Bertz CT molecular complexity index is 292. The van der Waals surface area contributed by atoms with Gasteiger partial charge >= 0.3 is 0 Å². The van der Waals surface area contributed by atoms with E-state index in [-0.39, 0.29) is 23.2 Å². The summed E-state index contributed by atoms with van der Waals surface area (Å²) in [6.45, 7) is 1.89. The molecule has 2 amide bonds. The van der Waals surface area contributed by atoms with Gasteiger partial charge in [0.05, 0.1) is 0 Å². The number of nitrogens with zero attached hydrogens (tertiary/aromatic N) is 1. The van der Waals surface area contributed by atoms with Crippen LogP contribution in [-0.2, 0) is 4.79 Å². The Morgan fingerprint density at radius 3 is 2.94 bits per heavy atom. The number of nitrogens with one attached hydrogen (secondary N) is 2. The van der Waals surface area contributed by atoms with Gasteiger partial charge in [-0.25, -0.2) is 0 Å². The number of thioether (sulfide) groups is 1. The van der Waals surface area contributed by atoms with Gasteiger partial charge in [-0.05, 0) is 19.4 Å². The third-order valence-corrected chi connectivity index (χ3v) is 4.02. The number of piperidine rings is 1. The normalized spacial score (nSPS) is 29.9. The molecule has 2 aliphatic rings. The fraction of sp³-hybridized carbons (Fsp3) is 0.800. The predicted octanol–water partition coefficient (Wildman–Crippen LogP) is 0.0218. The molecule has 0 spiro atoms. The molecule has 0 aliphatic carbocycles. The summed E-state index contributed by atoms with van der Waals surface area (Å²) in [5, 5.41) is 5.88. The van der Waals surface area contributed by atoms with Gasteiger partial charge in [0.25, 0.3) is 5.24 Å². The molecule has 2 atom stereocenters. The lowest BCUT2D eigenvalue weighted by Crippen LogP contribution is -2.52. The van der Waals surface area contributed by atoms with Gasteiger partial charge in [-0.2, -0.15) is 0 Å². The van der Waals surface area contributed by atoms with E-state index in [2.05, 4.69) is 10.6 Å². The first-order valence-electron chi connectivity index (χ1n) is 5.59. The molecule has 6 heteroatoms. The van der Waals surface area contributed by atoms with E-state index in [0.717, 1.165) is 25.9 Å². The minimum atomic E-state index is -0.329. The molecule has 16 heavy (non-hydrogen) atoms. The summed E-state index contributed by atoms with van der Waals surface area (Å²) in [5.41, 5.74) is 0. The van der Waals surface area contributed by atoms with Crippen molar-refractivity contribution in [2.24, 2.45) is 0 Å². The van der Waals surface area contributed by atoms with Crippen LogP contribution in [0.1, 0.15) is 12.8 Å². The number of carbonyl (C=O) groups is 2. The number of hydrogen-bond donors (Lipinski definition) is 2. The highest BCUT2D eigenvalue weighted by Crippen LogP contribution is 2.17. The van der Waals surface area contributed by atoms with Gasteiger partial charge in [0.2, 0.25) is 5.91 Å². The van der Waals surface area contributed by atoms with Crippen LogP contribution in [0, 0.1) is 0 Å². The first kappa shape index (κ1) is 11.7. The van der Waals surface area contributed by atoms with Crippen LogP contribution in [-0.4, -0.2) is 54.0 Å². The van der Waals surface area contributed by atoms with Crippen LogP contribution in [0.2, 0.25) is 0 Å². The zero-order valence-electron chi connectivity index (χ0n) is 9.36. The Labute approximate surface area is 99.3 Å². The summed E-state index contributed by atoms with van der Waals surface area (Å²) in [7, 11) is 1.83. The largest absolute Gasteiger partial charge is 0.340 e. The third-order valence-electron chi connectivity index (χ3n) is 3.14. The highest BCUT2D eigenvalue weighted by molar-refractivity contribution is 8.14. The van der Waals surface area contributed by atoms with Crippen molar-refractivity contribution in [1.29, 1.82) is 0 Å². The fourth-order valence-corrected chi connectivity index (χ4v) is 2.88. The predicted molar refractivity (Wildman–Crippen MR) is 63.4 cm³/mol. The molecule has 2 fully saturated rings. The molecular formula is C10H17N3O2S. The maximum absolute atomic E-state index is 12.1. The summed E-state index contributed by atoms with van der Waals surface area (Å²) in [5.74, 6) is 0.592. The lowest BCUT2D eigenvalue weighted by molar-refractivity contribution is -0.133. The zero-order chi connectivity index (χ0) is 11.5. The lowest BCUT2D eigenvalue weighted by Gasteiger charge is -2.33. The molecule has 0 aromatic rings. The Balaban J connectivity index is 1.90. The van der Waals surface area contributed by atoms with Crippen molar-refractivity contribution in [3.8, 4) is 0 Å². The molecule has 90 valence electrons. The summed E-state index contributed by atoms with van der Waals surface area (Å²) in [6.07, 6.45) is 2.15. The second-order valence-corrected chi connectivity index (χ2v) is 5.24. The lowest BCUT2D eigenvalue weighted by atomic mass is 10.1. The van der Waals surface area contributed by atoms with Gasteiger partial charge in [-0.15, -0.1) is 0 Å². The smallest absolute Gasteiger partial charge is 0.279 e. The molecule has 2 N–H and O–H groups in total. The first-order chi connectivity index (χ1) is 7.68. The van der Waals surface area contributed by atoms with Gasteiger partial charge < -0.3 is 15.5 Å². The molecule has 5 nitrogen and oxygen atoms in total. The minimum Gasteiger partial charge on any atom is -0.340 e. The van der Waals surface area contributed by atoms with E-state index in [4.69, 9.17) is 0 Å². The van der Waals surface area contributed by atoms with Gasteiger partial charge in [0, 0.05) is 25.4 Å². The molecular weight excluding hydrogens is 226 g/mol. The van der Waals surface area contributed by atoms with E-state index in [1.54, 1.807) is 4.90 Å². The van der Waals surface area contributed by atoms with E-state index < -0.39 is 0 Å². The van der Waals surface area contributed by atoms with Crippen molar-refractivity contribution in [2.45, 2.75) is 24.9 Å². The second-order valence-electron chi connectivity index (χ2n) is 4.24. The van der Waals surface area contributed by atoms with Crippen LogP contribution < -0.4 is 10.6 Å². The van der Waals surface area contributed by atoms with Crippen molar-refractivity contribution in [3.05, 3.63) is 0 Å². The summed E-state index contributed by atoms with van der Waals surface area (Å²) < 4.78 is 0. The van der Waals surface area contributed by atoms with Crippen LogP contribution in [0.3, 0.4) is 0 Å². The van der Waals surface area contributed by atoms with Crippen LogP contribution >= 0.6 is 11.8 Å². The van der Waals surface area contributed by atoms with Crippen molar-refractivity contribution in [3.63, 3.8) is 0 Å². The Morgan fingerprint density at radius 1 is 1.56 bits per heavy atom. The molecule has 0 bridgehead atoms. The van der Waals surface area contributed by atoms with Crippen LogP contribution in [0.5, 0.6) is 0 Å². The molecule has 2 saturated heterocycles. The van der Waals surface area contributed by atoms with Gasteiger partial charge in [0.1, 0.15) is 6.04 Å². The summed E-state index contributed by atoms with van der Waals surface area (Å²) in [4.78, 5) is 24.9. The number of amides is 2. The number of likely N-dealkylation sites (N-methyl/N-ethyl adjacent to an activating group) is 1. The maximum Gasteiger partial charge on any atom is 0.279 e. The van der Waals surface area contributed by atoms with Crippen molar-refractivity contribution < 1.29 is 9.59 Å². The number of rotatable bonds is 2. The number of carbonyl (C=O) groups excluding carboxylic acids is 2. The van der Waals surface area contributed by atoms with E-state index >= 15 is 0 Å². The van der Waals surface area contributed by atoms with Crippen LogP contribution in [0.15, 0.2) is 0 Å². The van der Waals surface area contributed by atoms with E-state index in [9.17, 15) is 9.59 Å². The molecule has 2 unspecified atom stereocenters. The Kier molecular flexibility index (Phi) is 3.70. The summed E-state index contributed by atoms with van der Waals surface area (Å²) in [6, 6.07) is -0.0619. The summed E-state index contributed by atoms with van der Waals surface area (Å²) >= 11 is 1.18. The van der Waals surface area contributed by atoms with E-state index in [1.165, 1.54) is 11.8 Å². The molecule has 0 aromatic heterocycles. The molecule has 2 aliphatic heterocycles. The third kappa shape index (κ3) is 2.49. The monoisotopic (exact) mass is 243 g/mol. The van der Waals surface area contributed by atoms with Gasteiger partial charge in [-0.1, -0.05) is 11.8 Å². The van der Waals surface area contributed by atoms with Crippen molar-refractivity contribution in [2.75, 3.05) is 25.9 Å². The average molecular weight is 243 g/mol. The quantitative estimate of drug-likeness (QED) is 0.718. The highest BCUT2D eigenvalue weighted by atomic mass is 32.2. The molecule has 2 heterocycles. The molecule has 2 rings (SSSR count). The Hall–Kier alpha value is -0.750. The second kappa shape index (κ2) is 5.05.